The van der Waals surface area contributed by atoms with Crippen LogP contribution in [0.4, 0.5) is 0 Å². The summed E-state index contributed by atoms with van der Waals surface area (Å²) in [5.41, 5.74) is 7.70. The number of amides is 1. The standard InChI is InChI=1S/C19H21N3O2/c1-4-24-16-10-6-8-14(12-16)13-7-5-9-15(11-13)19(2)17(23)22(3)18(20)21-19/h5-12H,4H2,1-3H3,(H2,20,21)/t19-/m1/s1. The molecule has 2 N–H and O–H groups in total. The Hall–Kier alpha value is -2.82. The fraction of sp³-hybridized carbons (Fsp3) is 0.263. The van der Waals surface area contributed by atoms with E-state index in [0.717, 1.165) is 22.4 Å². The molecule has 2 aromatic rings. The number of aliphatic imine (C=N–C) groups is 1. The zero-order valence-electron chi connectivity index (χ0n) is 14.1. The second-order valence-corrected chi connectivity index (χ2v) is 5.95. The summed E-state index contributed by atoms with van der Waals surface area (Å²) in [6.07, 6.45) is 0. The van der Waals surface area contributed by atoms with Crippen molar-refractivity contribution in [2.75, 3.05) is 13.7 Å². The predicted octanol–water partition coefficient (Wildman–Crippen LogP) is 2.75. The van der Waals surface area contributed by atoms with Crippen LogP contribution in [-0.4, -0.2) is 30.4 Å². The Kier molecular flexibility index (Phi) is 4.01. The number of likely N-dealkylation sites (N-methyl/N-ethyl adjacent to an activating group) is 1. The predicted molar refractivity (Wildman–Crippen MR) is 94.8 cm³/mol. The van der Waals surface area contributed by atoms with Crippen LogP contribution in [0.2, 0.25) is 0 Å². The van der Waals surface area contributed by atoms with Crippen LogP contribution in [-0.2, 0) is 10.3 Å². The lowest BCUT2D eigenvalue weighted by molar-refractivity contribution is -0.130. The lowest BCUT2D eigenvalue weighted by atomic mass is 9.89. The van der Waals surface area contributed by atoms with Crippen LogP contribution in [0.1, 0.15) is 19.4 Å². The molecule has 1 heterocycles. The molecule has 0 spiro atoms. The van der Waals surface area contributed by atoms with Crippen LogP contribution >= 0.6 is 0 Å². The molecule has 0 aliphatic carbocycles. The van der Waals surface area contributed by atoms with E-state index in [1.807, 2.05) is 55.5 Å². The summed E-state index contributed by atoms with van der Waals surface area (Å²) in [4.78, 5) is 18.3. The van der Waals surface area contributed by atoms with E-state index in [9.17, 15) is 4.79 Å². The molecule has 0 saturated heterocycles. The van der Waals surface area contributed by atoms with E-state index in [0.29, 0.717) is 6.61 Å². The number of nitrogens with zero attached hydrogens (tertiary/aromatic N) is 2. The van der Waals surface area contributed by atoms with Crippen LogP contribution in [0.5, 0.6) is 5.75 Å². The van der Waals surface area contributed by atoms with Crippen LogP contribution in [0, 0.1) is 0 Å². The van der Waals surface area contributed by atoms with E-state index in [1.54, 1.807) is 14.0 Å². The highest BCUT2D eigenvalue weighted by Gasteiger charge is 2.43. The molecule has 1 atom stereocenters. The van der Waals surface area contributed by atoms with Gasteiger partial charge in [-0.05, 0) is 48.7 Å². The molecule has 3 rings (SSSR count). The first-order valence-corrected chi connectivity index (χ1v) is 7.93. The summed E-state index contributed by atoms with van der Waals surface area (Å²) in [7, 11) is 1.64. The Labute approximate surface area is 141 Å². The summed E-state index contributed by atoms with van der Waals surface area (Å²) in [6.45, 7) is 4.37. The number of benzene rings is 2. The first-order chi connectivity index (χ1) is 11.5. The van der Waals surface area contributed by atoms with Gasteiger partial charge < -0.3 is 10.5 Å². The van der Waals surface area contributed by atoms with Gasteiger partial charge in [-0.1, -0.05) is 30.3 Å². The van der Waals surface area contributed by atoms with Crippen molar-refractivity contribution in [1.82, 2.24) is 4.90 Å². The maximum absolute atomic E-state index is 12.5. The van der Waals surface area contributed by atoms with Gasteiger partial charge in [0.1, 0.15) is 5.75 Å². The Bertz CT molecular complexity index is 816. The van der Waals surface area contributed by atoms with Crippen LogP contribution in [0.15, 0.2) is 53.5 Å². The number of hydrogen-bond donors (Lipinski definition) is 1. The Morgan fingerprint density at radius 3 is 2.46 bits per heavy atom. The third kappa shape index (κ3) is 2.62. The average molecular weight is 323 g/mol. The summed E-state index contributed by atoms with van der Waals surface area (Å²) >= 11 is 0. The van der Waals surface area contributed by atoms with Crippen molar-refractivity contribution in [3.8, 4) is 16.9 Å². The van der Waals surface area contributed by atoms with Gasteiger partial charge in [-0.2, -0.15) is 0 Å². The number of nitrogens with two attached hydrogens (primary N) is 1. The molecule has 2 aromatic carbocycles. The number of carbonyl (C=O) groups is 1. The molecule has 1 aliphatic heterocycles. The minimum absolute atomic E-state index is 0.125. The molecule has 0 radical (unpaired) electrons. The smallest absolute Gasteiger partial charge is 0.261 e. The Morgan fingerprint density at radius 2 is 1.83 bits per heavy atom. The quantitative estimate of drug-likeness (QED) is 0.940. The zero-order chi connectivity index (χ0) is 17.3. The van der Waals surface area contributed by atoms with Crippen LogP contribution in [0.3, 0.4) is 0 Å². The summed E-state index contributed by atoms with van der Waals surface area (Å²) < 4.78 is 5.56. The van der Waals surface area contributed by atoms with Crippen LogP contribution < -0.4 is 10.5 Å². The van der Waals surface area contributed by atoms with Gasteiger partial charge in [0.15, 0.2) is 11.5 Å². The summed E-state index contributed by atoms with van der Waals surface area (Å²) in [5.74, 6) is 0.942. The topological polar surface area (TPSA) is 67.9 Å². The number of ether oxygens (including phenoxy) is 1. The molecule has 0 saturated carbocycles. The largest absolute Gasteiger partial charge is 0.494 e. The molecule has 24 heavy (non-hydrogen) atoms. The Balaban J connectivity index is 2.02. The number of rotatable bonds is 4. The van der Waals surface area contributed by atoms with Crippen LogP contribution in [0.25, 0.3) is 11.1 Å². The van der Waals surface area contributed by atoms with Gasteiger partial charge in [0.25, 0.3) is 5.91 Å². The van der Waals surface area contributed by atoms with E-state index >= 15 is 0 Å². The maximum Gasteiger partial charge on any atom is 0.261 e. The van der Waals surface area contributed by atoms with Crippen molar-refractivity contribution in [2.24, 2.45) is 10.7 Å². The number of guanidine groups is 1. The fourth-order valence-corrected chi connectivity index (χ4v) is 2.90. The highest BCUT2D eigenvalue weighted by atomic mass is 16.5. The third-order valence-corrected chi connectivity index (χ3v) is 4.31. The lowest BCUT2D eigenvalue weighted by Gasteiger charge is -2.21. The summed E-state index contributed by atoms with van der Waals surface area (Å²) in [6, 6.07) is 15.7. The minimum Gasteiger partial charge on any atom is -0.494 e. The molecule has 1 aliphatic rings. The highest BCUT2D eigenvalue weighted by molar-refractivity contribution is 6.06. The molecule has 0 aromatic heterocycles. The van der Waals surface area contributed by atoms with Crippen molar-refractivity contribution in [3.63, 3.8) is 0 Å². The molecule has 124 valence electrons. The van der Waals surface area contributed by atoms with Gasteiger partial charge in [0.05, 0.1) is 6.61 Å². The molecule has 0 bridgehead atoms. The van der Waals surface area contributed by atoms with Gasteiger partial charge >= 0.3 is 0 Å². The van der Waals surface area contributed by atoms with Gasteiger partial charge in [0.2, 0.25) is 0 Å². The van der Waals surface area contributed by atoms with Gasteiger partial charge in [-0.25, -0.2) is 4.99 Å². The van der Waals surface area contributed by atoms with E-state index < -0.39 is 5.54 Å². The Morgan fingerprint density at radius 1 is 1.17 bits per heavy atom. The van der Waals surface area contributed by atoms with Crippen molar-refractivity contribution in [2.45, 2.75) is 19.4 Å². The average Bonchev–Trinajstić information content (AvgIpc) is 2.80. The van der Waals surface area contributed by atoms with E-state index in [-0.39, 0.29) is 11.9 Å². The highest BCUT2D eigenvalue weighted by Crippen LogP contribution is 2.34. The first-order valence-electron chi connectivity index (χ1n) is 7.93. The van der Waals surface area contributed by atoms with Gasteiger partial charge in [-0.15, -0.1) is 0 Å². The molecule has 1 amide bonds. The van der Waals surface area contributed by atoms with Crippen molar-refractivity contribution in [3.05, 3.63) is 54.1 Å². The molecule has 5 nitrogen and oxygen atoms in total. The maximum atomic E-state index is 12.5. The van der Waals surface area contributed by atoms with Crippen molar-refractivity contribution >= 4 is 11.9 Å². The second kappa shape index (κ2) is 6.00. The SMILES string of the molecule is CCOc1cccc(-c2cccc([C@@]3(C)N=C(N)N(C)C3=O)c2)c1. The first kappa shape index (κ1) is 16.1. The minimum atomic E-state index is -0.980. The normalized spacial score (nSPS) is 20.2. The second-order valence-electron chi connectivity index (χ2n) is 5.95. The van der Waals surface area contributed by atoms with Gasteiger partial charge in [-0.3, -0.25) is 9.69 Å². The summed E-state index contributed by atoms with van der Waals surface area (Å²) in [5, 5.41) is 0. The monoisotopic (exact) mass is 323 g/mol. The number of carbonyl (C=O) groups excluding carboxylic acids is 1. The molecule has 5 heteroatoms. The molecule has 0 fully saturated rings. The van der Waals surface area contributed by atoms with Gasteiger partial charge in [0, 0.05) is 7.05 Å². The van der Waals surface area contributed by atoms with E-state index in [1.165, 1.54) is 4.90 Å². The van der Waals surface area contributed by atoms with Crippen molar-refractivity contribution < 1.29 is 9.53 Å². The third-order valence-electron chi connectivity index (χ3n) is 4.31. The van der Waals surface area contributed by atoms with Crippen molar-refractivity contribution in [1.29, 1.82) is 0 Å². The fourth-order valence-electron chi connectivity index (χ4n) is 2.90. The number of hydrogen-bond acceptors (Lipinski definition) is 4. The van der Waals surface area contributed by atoms with E-state index in [2.05, 4.69) is 4.99 Å². The molecular formula is C19H21N3O2. The lowest BCUT2D eigenvalue weighted by Crippen LogP contribution is -2.38. The zero-order valence-corrected chi connectivity index (χ0v) is 14.1. The van der Waals surface area contributed by atoms with E-state index in [4.69, 9.17) is 10.5 Å². The molecule has 0 unspecified atom stereocenters. The molecular weight excluding hydrogens is 302 g/mol.